The Balaban J connectivity index is 1.55. The van der Waals surface area contributed by atoms with Crippen LogP contribution < -0.4 is 10.1 Å². The first kappa shape index (κ1) is 18.9. The van der Waals surface area contributed by atoms with Gasteiger partial charge in [0.2, 0.25) is 0 Å². The van der Waals surface area contributed by atoms with Crippen LogP contribution in [0.1, 0.15) is 36.6 Å². The summed E-state index contributed by atoms with van der Waals surface area (Å²) in [6.45, 7) is 1.13. The Morgan fingerprint density at radius 1 is 1.21 bits per heavy atom. The fraction of sp³-hybridized carbons (Fsp3) is 0.333. The van der Waals surface area contributed by atoms with Gasteiger partial charge in [-0.2, -0.15) is 10.4 Å². The van der Waals surface area contributed by atoms with Crippen LogP contribution in [-0.2, 0) is 0 Å². The third kappa shape index (κ3) is 4.05. The fourth-order valence-corrected chi connectivity index (χ4v) is 3.74. The third-order valence-electron chi connectivity index (χ3n) is 5.27. The van der Waals surface area contributed by atoms with Crippen molar-refractivity contribution in [1.29, 1.82) is 5.26 Å². The third-order valence-corrected chi connectivity index (χ3v) is 5.27. The van der Waals surface area contributed by atoms with Gasteiger partial charge >= 0.3 is 0 Å². The first-order valence-electron chi connectivity index (χ1n) is 9.61. The number of aromatic nitrogens is 4. The minimum Gasteiger partial charge on any atom is -0.496 e. The number of rotatable bonds is 5. The number of anilines is 2. The summed E-state index contributed by atoms with van der Waals surface area (Å²) in [7, 11) is 3.87. The van der Waals surface area contributed by atoms with E-state index in [-0.39, 0.29) is 5.69 Å². The molecule has 0 spiro atoms. The molecule has 148 valence electrons. The zero-order valence-electron chi connectivity index (χ0n) is 16.5. The van der Waals surface area contributed by atoms with Crippen molar-refractivity contribution in [2.24, 2.45) is 0 Å². The van der Waals surface area contributed by atoms with Gasteiger partial charge in [-0.1, -0.05) is 12.5 Å². The predicted molar refractivity (Wildman–Crippen MR) is 110 cm³/mol. The summed E-state index contributed by atoms with van der Waals surface area (Å²) in [5.41, 5.74) is 3.33. The van der Waals surface area contributed by atoms with E-state index in [9.17, 15) is 0 Å². The summed E-state index contributed by atoms with van der Waals surface area (Å²) in [6, 6.07) is 10.6. The second kappa shape index (κ2) is 8.29. The molecule has 1 saturated heterocycles. The first-order valence-corrected chi connectivity index (χ1v) is 9.61. The number of nitriles is 1. The maximum absolute atomic E-state index is 8.81. The number of ether oxygens (including phenoxy) is 1. The van der Waals surface area contributed by atoms with Gasteiger partial charge in [-0.15, -0.1) is 0 Å². The Labute approximate surface area is 169 Å². The second-order valence-corrected chi connectivity index (χ2v) is 7.14. The molecule has 2 aromatic heterocycles. The topological polar surface area (TPSA) is 103 Å². The molecule has 29 heavy (non-hydrogen) atoms. The first-order chi connectivity index (χ1) is 14.2. The van der Waals surface area contributed by atoms with Gasteiger partial charge in [-0.05, 0) is 44.1 Å². The molecule has 0 bridgehead atoms. The highest BCUT2D eigenvalue weighted by Gasteiger charge is 2.22. The largest absolute Gasteiger partial charge is 0.496 e. The number of nitrogens with zero attached hydrogens (tertiary/aromatic N) is 5. The molecule has 1 aliphatic heterocycles. The summed E-state index contributed by atoms with van der Waals surface area (Å²) < 4.78 is 5.68. The number of nitrogens with one attached hydrogen (secondary N) is 2. The second-order valence-electron chi connectivity index (χ2n) is 7.14. The summed E-state index contributed by atoms with van der Waals surface area (Å²) in [5.74, 6) is 1.94. The molecule has 0 amide bonds. The molecular weight excluding hydrogens is 366 g/mol. The Morgan fingerprint density at radius 3 is 2.83 bits per heavy atom. The van der Waals surface area contributed by atoms with Crippen LogP contribution in [0.15, 0.2) is 36.7 Å². The van der Waals surface area contributed by atoms with Gasteiger partial charge in [-0.3, -0.25) is 10.00 Å². The minimum absolute atomic E-state index is 0.270. The van der Waals surface area contributed by atoms with Crippen LogP contribution in [0.25, 0.3) is 11.3 Å². The molecule has 8 nitrogen and oxygen atoms in total. The van der Waals surface area contributed by atoms with Crippen LogP contribution in [0.3, 0.4) is 0 Å². The van der Waals surface area contributed by atoms with Gasteiger partial charge in [-0.25, -0.2) is 9.97 Å². The van der Waals surface area contributed by atoms with Crippen LogP contribution >= 0.6 is 0 Å². The maximum atomic E-state index is 8.81. The Hall–Kier alpha value is -3.44. The van der Waals surface area contributed by atoms with Crippen LogP contribution in [-0.4, -0.2) is 45.8 Å². The van der Waals surface area contributed by atoms with Crippen LogP contribution in [0.5, 0.6) is 5.75 Å². The molecule has 1 unspecified atom stereocenters. The average Bonchev–Trinajstić information content (AvgIpc) is 3.22. The number of hydrogen-bond donors (Lipinski definition) is 2. The lowest BCUT2D eigenvalue weighted by atomic mass is 9.94. The quantitative estimate of drug-likeness (QED) is 0.686. The monoisotopic (exact) mass is 389 g/mol. The molecule has 3 aromatic rings. The van der Waals surface area contributed by atoms with E-state index in [0.29, 0.717) is 17.7 Å². The van der Waals surface area contributed by atoms with Gasteiger partial charge in [0.1, 0.15) is 17.6 Å². The molecule has 0 radical (unpaired) electrons. The van der Waals surface area contributed by atoms with E-state index in [4.69, 9.17) is 10.00 Å². The number of benzene rings is 1. The molecule has 8 heteroatoms. The average molecular weight is 389 g/mol. The number of methoxy groups -OCH3 is 1. The minimum atomic E-state index is 0.270. The summed E-state index contributed by atoms with van der Waals surface area (Å²) in [4.78, 5) is 10.6. The van der Waals surface area contributed by atoms with E-state index >= 15 is 0 Å². The molecule has 2 N–H and O–H groups in total. The van der Waals surface area contributed by atoms with E-state index in [1.165, 1.54) is 37.2 Å². The lowest BCUT2D eigenvalue weighted by molar-refractivity contribution is 0.187. The molecule has 1 fully saturated rings. The van der Waals surface area contributed by atoms with Gasteiger partial charge in [0.15, 0.2) is 11.5 Å². The SMILES string of the molecule is COc1cc(C2CCCCN2C)ccc1-c1cc(Nc2cnc(C#N)cn2)n[nH]1. The Bertz CT molecular complexity index is 1020. The summed E-state index contributed by atoms with van der Waals surface area (Å²) >= 11 is 0. The van der Waals surface area contributed by atoms with Crippen LogP contribution in [0.2, 0.25) is 0 Å². The van der Waals surface area contributed by atoms with Gasteiger partial charge < -0.3 is 10.1 Å². The molecule has 0 aliphatic carbocycles. The van der Waals surface area contributed by atoms with Crippen molar-refractivity contribution in [3.8, 4) is 23.1 Å². The number of piperidine rings is 1. The van der Waals surface area contributed by atoms with Gasteiger partial charge in [0.05, 0.1) is 25.2 Å². The number of likely N-dealkylation sites (tertiary alicyclic amines) is 1. The predicted octanol–water partition coefficient (Wildman–Crippen LogP) is 3.65. The highest BCUT2D eigenvalue weighted by Crippen LogP contribution is 2.36. The zero-order chi connectivity index (χ0) is 20.2. The number of hydrogen-bond acceptors (Lipinski definition) is 7. The van der Waals surface area contributed by atoms with Crippen molar-refractivity contribution in [1.82, 2.24) is 25.1 Å². The standard InChI is InChI=1S/C21H23N7O/c1-28-8-4-3-5-18(28)14-6-7-16(19(9-14)29-2)17-10-20(27-26-17)25-21-13-23-15(11-22)12-24-21/h6-7,9-10,12-13,18H,3-5,8H2,1-2H3,(H2,24,25,26,27). The van der Waals surface area contributed by atoms with Crippen LogP contribution in [0.4, 0.5) is 11.6 Å². The zero-order valence-corrected chi connectivity index (χ0v) is 16.5. The Morgan fingerprint density at radius 2 is 2.10 bits per heavy atom. The van der Waals surface area contributed by atoms with Crippen LogP contribution in [0, 0.1) is 11.3 Å². The van der Waals surface area contributed by atoms with Gasteiger partial charge in [0.25, 0.3) is 0 Å². The van der Waals surface area contributed by atoms with Crippen molar-refractivity contribution >= 4 is 11.6 Å². The molecule has 4 rings (SSSR count). The van der Waals surface area contributed by atoms with Crippen molar-refractivity contribution in [2.75, 3.05) is 26.0 Å². The highest BCUT2D eigenvalue weighted by atomic mass is 16.5. The Kier molecular flexibility index (Phi) is 5.40. The molecule has 1 aliphatic rings. The maximum Gasteiger partial charge on any atom is 0.158 e. The normalized spacial score (nSPS) is 16.9. The molecule has 0 saturated carbocycles. The molecule has 3 heterocycles. The van der Waals surface area contributed by atoms with Crippen molar-refractivity contribution < 1.29 is 4.74 Å². The van der Waals surface area contributed by atoms with Crippen molar-refractivity contribution in [2.45, 2.75) is 25.3 Å². The van der Waals surface area contributed by atoms with Gasteiger partial charge in [0, 0.05) is 17.7 Å². The van der Waals surface area contributed by atoms with E-state index in [1.807, 2.05) is 12.1 Å². The van der Waals surface area contributed by atoms with Crippen molar-refractivity contribution in [3.63, 3.8) is 0 Å². The lowest BCUT2D eigenvalue weighted by Crippen LogP contribution is -2.29. The lowest BCUT2D eigenvalue weighted by Gasteiger charge is -2.33. The highest BCUT2D eigenvalue weighted by molar-refractivity contribution is 5.71. The summed E-state index contributed by atoms with van der Waals surface area (Å²) in [6.07, 6.45) is 6.61. The number of H-pyrrole nitrogens is 1. The molecular formula is C21H23N7O. The smallest absolute Gasteiger partial charge is 0.158 e. The molecule has 1 aromatic carbocycles. The fourth-order valence-electron chi connectivity index (χ4n) is 3.74. The summed E-state index contributed by atoms with van der Waals surface area (Å²) in [5, 5.41) is 19.2. The van der Waals surface area contributed by atoms with E-state index in [0.717, 1.165) is 23.6 Å². The van der Waals surface area contributed by atoms with E-state index < -0.39 is 0 Å². The van der Waals surface area contributed by atoms with E-state index in [2.05, 4.69) is 55.6 Å². The van der Waals surface area contributed by atoms with E-state index in [1.54, 1.807) is 7.11 Å². The van der Waals surface area contributed by atoms with Crippen molar-refractivity contribution in [3.05, 3.63) is 47.9 Å². The number of aromatic amines is 1. The molecule has 1 atom stereocenters.